The van der Waals surface area contributed by atoms with Gasteiger partial charge in [0.25, 0.3) is 5.91 Å². The van der Waals surface area contributed by atoms with Gasteiger partial charge in [0.15, 0.2) is 0 Å². The van der Waals surface area contributed by atoms with Gasteiger partial charge in [0.05, 0.1) is 10.6 Å². The molecule has 5 nitrogen and oxygen atoms in total. The van der Waals surface area contributed by atoms with Crippen molar-refractivity contribution in [3.8, 4) is 0 Å². The van der Waals surface area contributed by atoms with Crippen molar-refractivity contribution in [2.45, 2.75) is 6.42 Å². The van der Waals surface area contributed by atoms with Crippen LogP contribution in [0.5, 0.6) is 0 Å². The predicted molar refractivity (Wildman–Crippen MR) is 63.3 cm³/mol. The number of hydrogen-bond acceptors (Lipinski definition) is 3. The maximum absolute atomic E-state index is 11.6. The highest BCUT2D eigenvalue weighted by atomic mass is 35.5. The van der Waals surface area contributed by atoms with Gasteiger partial charge in [-0.3, -0.25) is 14.8 Å². The molecule has 17 heavy (non-hydrogen) atoms. The van der Waals surface area contributed by atoms with Gasteiger partial charge in [0, 0.05) is 18.0 Å². The Bertz CT molecular complexity index is 438. The Morgan fingerprint density at radius 1 is 1.29 bits per heavy atom. The molecule has 0 aromatic heterocycles. The van der Waals surface area contributed by atoms with Crippen LogP contribution in [0.4, 0.5) is 0 Å². The first kappa shape index (κ1) is 13.8. The number of amides is 2. The molecule has 1 rings (SSSR count). The Labute approximate surface area is 108 Å². The minimum atomic E-state index is -0.576. The minimum absolute atomic E-state index is 0.0204. The van der Waals surface area contributed by atoms with Gasteiger partial charge in [-0.15, -0.1) is 0 Å². The number of rotatable bonds is 4. The molecule has 1 aromatic carbocycles. The van der Waals surface area contributed by atoms with Crippen LogP contribution in [0.2, 0.25) is 10.0 Å². The Balaban J connectivity index is 2.55. The zero-order valence-electron chi connectivity index (χ0n) is 8.67. The summed E-state index contributed by atoms with van der Waals surface area (Å²) in [6.07, 6.45) is -0.0204. The lowest BCUT2D eigenvalue weighted by Gasteiger charge is -2.06. The van der Waals surface area contributed by atoms with Crippen LogP contribution in [0.25, 0.3) is 0 Å². The van der Waals surface area contributed by atoms with Crippen molar-refractivity contribution in [1.29, 1.82) is 0 Å². The fourth-order valence-electron chi connectivity index (χ4n) is 1.11. The lowest BCUT2D eigenvalue weighted by Crippen LogP contribution is -2.29. The highest BCUT2D eigenvalue weighted by Gasteiger charge is 2.10. The van der Waals surface area contributed by atoms with E-state index in [1.165, 1.54) is 17.6 Å². The normalized spacial score (nSPS) is 9.82. The highest BCUT2D eigenvalue weighted by molar-refractivity contribution is 6.36. The van der Waals surface area contributed by atoms with Crippen LogP contribution in [-0.2, 0) is 4.79 Å². The van der Waals surface area contributed by atoms with Crippen molar-refractivity contribution >= 4 is 35.0 Å². The average molecular weight is 277 g/mol. The van der Waals surface area contributed by atoms with Gasteiger partial charge >= 0.3 is 0 Å². The van der Waals surface area contributed by atoms with Crippen molar-refractivity contribution < 1.29 is 14.8 Å². The summed E-state index contributed by atoms with van der Waals surface area (Å²) in [5.41, 5.74) is 1.74. The number of hydrogen-bond donors (Lipinski definition) is 3. The SMILES string of the molecule is O=C(CCNC(=O)c1ccc(Cl)cc1Cl)NO. The monoisotopic (exact) mass is 276 g/mol. The van der Waals surface area contributed by atoms with Crippen molar-refractivity contribution in [3.05, 3.63) is 33.8 Å². The summed E-state index contributed by atoms with van der Waals surface area (Å²) in [6, 6.07) is 4.49. The molecule has 0 bridgehead atoms. The van der Waals surface area contributed by atoms with Crippen LogP contribution in [0.15, 0.2) is 18.2 Å². The van der Waals surface area contributed by atoms with Crippen LogP contribution in [0.1, 0.15) is 16.8 Å². The molecule has 0 aliphatic rings. The largest absolute Gasteiger partial charge is 0.351 e. The van der Waals surface area contributed by atoms with E-state index in [2.05, 4.69) is 5.32 Å². The number of nitrogens with one attached hydrogen (secondary N) is 2. The molecule has 0 saturated carbocycles. The molecule has 0 aliphatic heterocycles. The Morgan fingerprint density at radius 3 is 2.59 bits per heavy atom. The lowest BCUT2D eigenvalue weighted by molar-refractivity contribution is -0.129. The van der Waals surface area contributed by atoms with Gasteiger partial charge in [-0.05, 0) is 18.2 Å². The number of hydroxylamine groups is 1. The van der Waals surface area contributed by atoms with E-state index in [-0.39, 0.29) is 23.6 Å². The summed E-state index contributed by atoms with van der Waals surface area (Å²) in [5.74, 6) is -0.982. The second kappa shape index (κ2) is 6.44. The maximum Gasteiger partial charge on any atom is 0.252 e. The first-order chi connectivity index (χ1) is 8.04. The fraction of sp³-hybridized carbons (Fsp3) is 0.200. The van der Waals surface area contributed by atoms with Gasteiger partial charge in [0.1, 0.15) is 0 Å². The molecular weight excluding hydrogens is 267 g/mol. The topological polar surface area (TPSA) is 78.4 Å². The number of carbonyl (C=O) groups excluding carboxylic acids is 2. The molecule has 0 atom stereocenters. The zero-order chi connectivity index (χ0) is 12.8. The number of carbonyl (C=O) groups is 2. The van der Waals surface area contributed by atoms with E-state index < -0.39 is 11.8 Å². The summed E-state index contributed by atoms with van der Waals surface area (Å²) in [6.45, 7) is 0.101. The molecule has 0 unspecified atom stereocenters. The van der Waals surface area contributed by atoms with Crippen molar-refractivity contribution in [2.75, 3.05) is 6.54 Å². The number of halogens is 2. The zero-order valence-corrected chi connectivity index (χ0v) is 10.2. The van der Waals surface area contributed by atoms with Gasteiger partial charge in [-0.25, -0.2) is 5.48 Å². The maximum atomic E-state index is 11.6. The standard InChI is InChI=1S/C10H10Cl2N2O3/c11-6-1-2-7(8(12)5-6)10(16)13-4-3-9(15)14-17/h1-2,5,17H,3-4H2,(H,13,16)(H,14,15). The molecule has 0 spiro atoms. The van der Waals surface area contributed by atoms with E-state index in [4.69, 9.17) is 28.4 Å². The molecule has 0 fully saturated rings. The fourth-order valence-corrected chi connectivity index (χ4v) is 1.61. The third-order valence-electron chi connectivity index (χ3n) is 1.94. The molecule has 3 N–H and O–H groups in total. The molecule has 0 heterocycles. The molecule has 2 amide bonds. The Kier molecular flexibility index (Phi) is 5.21. The van der Waals surface area contributed by atoms with Crippen LogP contribution in [0.3, 0.4) is 0 Å². The molecule has 0 aliphatic carbocycles. The Hall–Kier alpha value is -1.30. The average Bonchev–Trinajstić information content (AvgIpc) is 2.28. The van der Waals surface area contributed by atoms with Crippen molar-refractivity contribution in [1.82, 2.24) is 10.8 Å². The molecule has 7 heteroatoms. The highest BCUT2D eigenvalue weighted by Crippen LogP contribution is 2.20. The van der Waals surface area contributed by atoms with Gasteiger partial charge in [-0.2, -0.15) is 0 Å². The summed E-state index contributed by atoms with van der Waals surface area (Å²) in [7, 11) is 0. The van der Waals surface area contributed by atoms with Crippen LogP contribution >= 0.6 is 23.2 Å². The summed E-state index contributed by atoms with van der Waals surface area (Å²) in [5, 5.41) is 11.4. The van der Waals surface area contributed by atoms with E-state index in [1.807, 2.05) is 0 Å². The van der Waals surface area contributed by atoms with E-state index in [1.54, 1.807) is 6.07 Å². The summed E-state index contributed by atoms with van der Waals surface area (Å²) in [4.78, 5) is 22.3. The lowest BCUT2D eigenvalue weighted by atomic mass is 10.2. The quantitative estimate of drug-likeness (QED) is 0.578. The molecule has 0 saturated heterocycles. The van der Waals surface area contributed by atoms with E-state index in [0.29, 0.717) is 5.02 Å². The smallest absolute Gasteiger partial charge is 0.252 e. The minimum Gasteiger partial charge on any atom is -0.351 e. The van der Waals surface area contributed by atoms with Gasteiger partial charge in [0.2, 0.25) is 5.91 Å². The van der Waals surface area contributed by atoms with E-state index in [0.717, 1.165) is 0 Å². The van der Waals surface area contributed by atoms with Crippen molar-refractivity contribution in [3.63, 3.8) is 0 Å². The molecule has 92 valence electrons. The van der Waals surface area contributed by atoms with Crippen LogP contribution < -0.4 is 10.8 Å². The van der Waals surface area contributed by atoms with Gasteiger partial charge < -0.3 is 5.32 Å². The summed E-state index contributed by atoms with van der Waals surface area (Å²) >= 11 is 11.5. The van der Waals surface area contributed by atoms with E-state index >= 15 is 0 Å². The van der Waals surface area contributed by atoms with E-state index in [9.17, 15) is 9.59 Å². The Morgan fingerprint density at radius 2 is 2.00 bits per heavy atom. The number of benzene rings is 1. The molecule has 1 aromatic rings. The van der Waals surface area contributed by atoms with Crippen LogP contribution in [0, 0.1) is 0 Å². The predicted octanol–water partition coefficient (Wildman–Crippen LogP) is 1.62. The first-order valence-electron chi connectivity index (χ1n) is 4.70. The van der Waals surface area contributed by atoms with Crippen molar-refractivity contribution in [2.24, 2.45) is 0 Å². The molecular formula is C10H10Cl2N2O3. The van der Waals surface area contributed by atoms with Gasteiger partial charge in [-0.1, -0.05) is 23.2 Å². The molecule has 0 radical (unpaired) electrons. The first-order valence-corrected chi connectivity index (χ1v) is 5.46. The summed E-state index contributed by atoms with van der Waals surface area (Å²) < 4.78 is 0. The second-order valence-electron chi connectivity index (χ2n) is 3.17. The third-order valence-corrected chi connectivity index (χ3v) is 2.49. The second-order valence-corrected chi connectivity index (χ2v) is 4.01. The third kappa shape index (κ3) is 4.22. The van der Waals surface area contributed by atoms with Crippen LogP contribution in [-0.4, -0.2) is 23.6 Å².